The van der Waals surface area contributed by atoms with Crippen molar-refractivity contribution in [3.63, 3.8) is 0 Å². The number of nitrogens with two attached hydrogens (primary N) is 1. The Labute approximate surface area is 118 Å². The number of hydrogen-bond acceptors (Lipinski definition) is 3. The van der Waals surface area contributed by atoms with Crippen LogP contribution < -0.4 is 11.3 Å². The maximum absolute atomic E-state index is 5.98. The van der Waals surface area contributed by atoms with Crippen molar-refractivity contribution in [1.82, 2.24) is 10.3 Å². The van der Waals surface area contributed by atoms with Gasteiger partial charge in [-0.15, -0.1) is 0 Å². The molecule has 3 saturated carbocycles. The summed E-state index contributed by atoms with van der Waals surface area (Å²) >= 11 is 0. The molecule has 3 rings (SSSR count). The summed E-state index contributed by atoms with van der Waals surface area (Å²) in [7, 11) is 4.49. The van der Waals surface area contributed by atoms with Crippen molar-refractivity contribution in [2.45, 2.75) is 69.4 Å². The first kappa shape index (κ1) is 13.8. The molecule has 3 heteroatoms. The normalized spacial score (nSPS) is 38.2. The Balaban J connectivity index is 1.69. The minimum atomic E-state index is 0.316. The van der Waals surface area contributed by atoms with Crippen LogP contribution in [0.2, 0.25) is 0 Å². The first-order valence-electron chi connectivity index (χ1n) is 8.29. The van der Waals surface area contributed by atoms with Gasteiger partial charge in [-0.05, 0) is 70.4 Å². The fourth-order valence-corrected chi connectivity index (χ4v) is 5.51. The lowest BCUT2D eigenvalue weighted by atomic mass is 9.77. The van der Waals surface area contributed by atoms with Crippen LogP contribution in [-0.2, 0) is 0 Å². The zero-order valence-corrected chi connectivity index (χ0v) is 12.7. The molecular formula is C16H31N3. The summed E-state index contributed by atoms with van der Waals surface area (Å²) in [5.74, 6) is 8.98. The summed E-state index contributed by atoms with van der Waals surface area (Å²) in [5.41, 5.74) is 3.53. The fraction of sp³-hybridized carbons (Fsp3) is 1.00. The maximum Gasteiger partial charge on any atom is 0.0397 e. The molecule has 3 fully saturated rings. The molecule has 4 atom stereocenters. The van der Waals surface area contributed by atoms with Gasteiger partial charge in [-0.1, -0.05) is 19.3 Å². The summed E-state index contributed by atoms with van der Waals surface area (Å²) in [6.45, 7) is 0. The van der Waals surface area contributed by atoms with Gasteiger partial charge in [-0.2, -0.15) is 0 Å². The fourth-order valence-electron chi connectivity index (χ4n) is 5.51. The molecule has 0 saturated heterocycles. The number of hydrazine groups is 1. The molecule has 0 radical (unpaired) electrons. The highest BCUT2D eigenvalue weighted by Crippen LogP contribution is 2.51. The summed E-state index contributed by atoms with van der Waals surface area (Å²) in [6.07, 6.45) is 12.6. The lowest BCUT2D eigenvalue weighted by Crippen LogP contribution is -2.60. The quantitative estimate of drug-likeness (QED) is 0.593. The smallest absolute Gasteiger partial charge is 0.0397 e. The van der Waals surface area contributed by atoms with Gasteiger partial charge in [0.25, 0.3) is 0 Å². The van der Waals surface area contributed by atoms with Crippen molar-refractivity contribution in [3.05, 3.63) is 0 Å². The number of fused-ring (bicyclic) bond motifs is 2. The highest BCUT2D eigenvalue weighted by Gasteiger charge is 2.46. The van der Waals surface area contributed by atoms with Crippen LogP contribution in [0.3, 0.4) is 0 Å². The second-order valence-corrected chi connectivity index (χ2v) is 7.60. The highest BCUT2D eigenvalue weighted by atomic mass is 15.3. The van der Waals surface area contributed by atoms with Gasteiger partial charge in [-0.3, -0.25) is 11.3 Å². The van der Waals surface area contributed by atoms with E-state index in [-0.39, 0.29) is 0 Å². The standard InChI is InChI=1S/C16H31N3/c1-19(2)16(7-3-4-8-16)15(18-17)11-14-10-12-5-6-13(14)9-12/h12-15,18H,3-11,17H2,1-2H3. The minimum Gasteiger partial charge on any atom is -0.302 e. The second-order valence-electron chi connectivity index (χ2n) is 7.60. The van der Waals surface area contributed by atoms with Crippen molar-refractivity contribution >= 4 is 0 Å². The largest absolute Gasteiger partial charge is 0.302 e. The van der Waals surface area contributed by atoms with Gasteiger partial charge in [-0.25, -0.2) is 0 Å². The molecule has 3 N–H and O–H groups in total. The van der Waals surface area contributed by atoms with Crippen LogP contribution in [0.4, 0.5) is 0 Å². The number of nitrogens with one attached hydrogen (secondary N) is 1. The molecule has 110 valence electrons. The summed E-state index contributed by atoms with van der Waals surface area (Å²) in [6, 6.07) is 0.481. The van der Waals surface area contributed by atoms with Crippen LogP contribution in [0.1, 0.15) is 57.8 Å². The Hall–Kier alpha value is -0.120. The van der Waals surface area contributed by atoms with E-state index in [1.807, 2.05) is 0 Å². The highest BCUT2D eigenvalue weighted by molar-refractivity contribution is 5.03. The number of nitrogens with zero attached hydrogens (tertiary/aromatic N) is 1. The monoisotopic (exact) mass is 265 g/mol. The third-order valence-electron chi connectivity index (χ3n) is 6.63. The third kappa shape index (κ3) is 2.34. The van der Waals surface area contributed by atoms with Crippen LogP contribution in [-0.4, -0.2) is 30.6 Å². The van der Waals surface area contributed by atoms with E-state index in [2.05, 4.69) is 24.4 Å². The molecule has 0 heterocycles. The van der Waals surface area contributed by atoms with Gasteiger partial charge < -0.3 is 4.90 Å². The molecule has 0 aromatic heterocycles. The Kier molecular flexibility index (Phi) is 3.89. The topological polar surface area (TPSA) is 41.3 Å². The van der Waals surface area contributed by atoms with Crippen molar-refractivity contribution in [2.24, 2.45) is 23.6 Å². The predicted octanol–water partition coefficient (Wildman–Crippen LogP) is 2.52. The Morgan fingerprint density at radius 2 is 1.95 bits per heavy atom. The molecule has 0 amide bonds. The van der Waals surface area contributed by atoms with E-state index in [9.17, 15) is 0 Å². The first-order valence-corrected chi connectivity index (χ1v) is 8.29. The summed E-state index contributed by atoms with van der Waals surface area (Å²) < 4.78 is 0. The van der Waals surface area contributed by atoms with Gasteiger partial charge in [0.2, 0.25) is 0 Å². The summed E-state index contributed by atoms with van der Waals surface area (Å²) in [5, 5.41) is 0. The molecule has 4 unspecified atom stereocenters. The van der Waals surface area contributed by atoms with Crippen LogP contribution in [0.25, 0.3) is 0 Å². The van der Waals surface area contributed by atoms with Crippen molar-refractivity contribution in [1.29, 1.82) is 0 Å². The molecule has 3 nitrogen and oxygen atoms in total. The second kappa shape index (κ2) is 5.34. The van der Waals surface area contributed by atoms with Crippen LogP contribution in [0.15, 0.2) is 0 Å². The van der Waals surface area contributed by atoms with E-state index in [0.717, 1.165) is 17.8 Å². The van der Waals surface area contributed by atoms with E-state index in [0.29, 0.717) is 11.6 Å². The van der Waals surface area contributed by atoms with Gasteiger partial charge in [0.05, 0.1) is 0 Å². The minimum absolute atomic E-state index is 0.316. The molecule has 0 spiro atoms. The SMILES string of the molecule is CN(C)C1(C(CC2CC3CCC2C3)NN)CCCC1. The van der Waals surface area contributed by atoms with Crippen LogP contribution >= 0.6 is 0 Å². The molecule has 0 aromatic carbocycles. The van der Waals surface area contributed by atoms with E-state index in [1.165, 1.54) is 57.8 Å². The zero-order chi connectivity index (χ0) is 13.5. The molecule has 3 aliphatic carbocycles. The average molecular weight is 265 g/mol. The third-order valence-corrected chi connectivity index (χ3v) is 6.63. The number of rotatable bonds is 5. The maximum atomic E-state index is 5.98. The first-order chi connectivity index (χ1) is 9.15. The molecule has 2 bridgehead atoms. The van der Waals surface area contributed by atoms with Gasteiger partial charge >= 0.3 is 0 Å². The van der Waals surface area contributed by atoms with Gasteiger partial charge in [0.15, 0.2) is 0 Å². The molecule has 19 heavy (non-hydrogen) atoms. The Morgan fingerprint density at radius 1 is 1.21 bits per heavy atom. The van der Waals surface area contributed by atoms with E-state index < -0.39 is 0 Å². The lowest BCUT2D eigenvalue weighted by Gasteiger charge is -2.44. The van der Waals surface area contributed by atoms with Crippen molar-refractivity contribution in [2.75, 3.05) is 14.1 Å². The van der Waals surface area contributed by atoms with Gasteiger partial charge in [0.1, 0.15) is 0 Å². The van der Waals surface area contributed by atoms with Crippen molar-refractivity contribution in [3.8, 4) is 0 Å². The molecule has 3 aliphatic rings. The molecular weight excluding hydrogens is 234 g/mol. The summed E-state index contributed by atoms with van der Waals surface area (Å²) in [4.78, 5) is 2.46. The lowest BCUT2D eigenvalue weighted by molar-refractivity contribution is 0.0839. The number of hydrogen-bond donors (Lipinski definition) is 2. The zero-order valence-electron chi connectivity index (χ0n) is 12.7. The van der Waals surface area contributed by atoms with Crippen molar-refractivity contribution < 1.29 is 0 Å². The van der Waals surface area contributed by atoms with E-state index >= 15 is 0 Å². The molecule has 0 aromatic rings. The van der Waals surface area contributed by atoms with Crippen LogP contribution in [0.5, 0.6) is 0 Å². The van der Waals surface area contributed by atoms with E-state index in [1.54, 1.807) is 0 Å². The Morgan fingerprint density at radius 3 is 2.42 bits per heavy atom. The molecule has 0 aliphatic heterocycles. The van der Waals surface area contributed by atoms with E-state index in [4.69, 9.17) is 5.84 Å². The Bertz CT molecular complexity index is 309. The average Bonchev–Trinajstić information content (AvgIpc) is 3.11. The van der Waals surface area contributed by atoms with Gasteiger partial charge in [0, 0.05) is 11.6 Å². The van der Waals surface area contributed by atoms with Crippen LogP contribution in [0, 0.1) is 17.8 Å². The number of likely N-dealkylation sites (N-methyl/N-ethyl adjacent to an activating group) is 1. The predicted molar refractivity (Wildman–Crippen MR) is 79.6 cm³/mol.